The molecule has 0 bridgehead atoms. The summed E-state index contributed by atoms with van der Waals surface area (Å²) in [6.07, 6.45) is 4.53. The Kier molecular flexibility index (Phi) is 7.85. The SMILES string of the molecule is CN(CC(=O)N1CCN(CC(=O)N2CCCCCC2)CC1)S(=O)(=O)c1ccc2ccccc2c1. The fourth-order valence-corrected chi connectivity index (χ4v) is 5.81. The first-order valence-electron chi connectivity index (χ1n) is 12.1. The Morgan fingerprint density at radius 1 is 0.794 bits per heavy atom. The van der Waals surface area contributed by atoms with Gasteiger partial charge in [-0.3, -0.25) is 14.5 Å². The molecule has 0 spiro atoms. The van der Waals surface area contributed by atoms with E-state index >= 15 is 0 Å². The average Bonchev–Trinajstić information content (AvgIpc) is 3.14. The number of carbonyl (C=O) groups is 2. The van der Waals surface area contributed by atoms with Crippen LogP contribution < -0.4 is 0 Å². The summed E-state index contributed by atoms with van der Waals surface area (Å²) in [5, 5.41) is 1.81. The molecule has 2 aromatic carbocycles. The second-order valence-corrected chi connectivity index (χ2v) is 11.3. The fraction of sp³-hybridized carbons (Fsp3) is 0.520. The van der Waals surface area contributed by atoms with Crippen LogP contribution in [-0.4, -0.2) is 98.6 Å². The predicted molar refractivity (Wildman–Crippen MR) is 132 cm³/mol. The summed E-state index contributed by atoms with van der Waals surface area (Å²) in [5.41, 5.74) is 0. The van der Waals surface area contributed by atoms with Crippen molar-refractivity contribution < 1.29 is 18.0 Å². The number of amides is 2. The molecule has 2 aliphatic heterocycles. The van der Waals surface area contributed by atoms with Gasteiger partial charge < -0.3 is 9.80 Å². The van der Waals surface area contributed by atoms with Gasteiger partial charge in [0.25, 0.3) is 0 Å². The molecule has 2 amide bonds. The summed E-state index contributed by atoms with van der Waals surface area (Å²) >= 11 is 0. The fourth-order valence-electron chi connectivity index (χ4n) is 4.65. The minimum Gasteiger partial charge on any atom is -0.342 e. The maximum atomic E-state index is 13.0. The highest BCUT2D eigenvalue weighted by atomic mass is 32.2. The number of sulfonamides is 1. The van der Waals surface area contributed by atoms with Gasteiger partial charge in [-0.05, 0) is 35.7 Å². The normalized spacial score (nSPS) is 18.3. The number of likely N-dealkylation sites (N-methyl/N-ethyl adjacent to an activating group) is 1. The van der Waals surface area contributed by atoms with Crippen LogP contribution in [0, 0.1) is 0 Å². The van der Waals surface area contributed by atoms with Gasteiger partial charge in [-0.2, -0.15) is 4.31 Å². The van der Waals surface area contributed by atoms with E-state index in [9.17, 15) is 18.0 Å². The molecule has 184 valence electrons. The molecular weight excluding hydrogens is 452 g/mol. The number of likely N-dealkylation sites (tertiary alicyclic amines) is 1. The van der Waals surface area contributed by atoms with Crippen LogP contribution in [0.15, 0.2) is 47.4 Å². The van der Waals surface area contributed by atoms with Crippen molar-refractivity contribution >= 4 is 32.6 Å². The molecule has 0 unspecified atom stereocenters. The zero-order valence-electron chi connectivity index (χ0n) is 19.9. The third-order valence-corrected chi connectivity index (χ3v) is 8.63. The third-order valence-electron chi connectivity index (χ3n) is 6.83. The molecule has 0 aliphatic carbocycles. The number of hydrogen-bond donors (Lipinski definition) is 0. The van der Waals surface area contributed by atoms with E-state index in [1.807, 2.05) is 29.2 Å². The number of rotatable bonds is 6. The second kappa shape index (κ2) is 10.8. The number of hydrogen-bond acceptors (Lipinski definition) is 5. The maximum absolute atomic E-state index is 13.0. The highest BCUT2D eigenvalue weighted by Crippen LogP contribution is 2.21. The third kappa shape index (κ3) is 5.76. The average molecular weight is 487 g/mol. The lowest BCUT2D eigenvalue weighted by Gasteiger charge is -2.36. The van der Waals surface area contributed by atoms with Crippen LogP contribution in [-0.2, 0) is 19.6 Å². The Balaban J connectivity index is 1.29. The van der Waals surface area contributed by atoms with Crippen molar-refractivity contribution in [1.29, 1.82) is 0 Å². The van der Waals surface area contributed by atoms with Crippen molar-refractivity contribution in [2.24, 2.45) is 0 Å². The molecule has 2 aromatic rings. The second-order valence-electron chi connectivity index (χ2n) is 9.22. The van der Waals surface area contributed by atoms with Gasteiger partial charge in [-0.25, -0.2) is 8.42 Å². The molecule has 2 heterocycles. The monoisotopic (exact) mass is 486 g/mol. The van der Waals surface area contributed by atoms with Crippen LogP contribution in [0.25, 0.3) is 10.8 Å². The van der Waals surface area contributed by atoms with Gasteiger partial charge >= 0.3 is 0 Å². The molecule has 2 aliphatic rings. The molecule has 9 heteroatoms. The molecule has 8 nitrogen and oxygen atoms in total. The Morgan fingerprint density at radius 3 is 2.09 bits per heavy atom. The van der Waals surface area contributed by atoms with Crippen LogP contribution in [0.5, 0.6) is 0 Å². The summed E-state index contributed by atoms with van der Waals surface area (Å²) in [6.45, 7) is 4.09. The maximum Gasteiger partial charge on any atom is 0.243 e. The lowest BCUT2D eigenvalue weighted by atomic mass is 10.1. The van der Waals surface area contributed by atoms with Crippen LogP contribution in [0.2, 0.25) is 0 Å². The lowest BCUT2D eigenvalue weighted by Crippen LogP contribution is -2.53. The van der Waals surface area contributed by atoms with Gasteiger partial charge in [0.05, 0.1) is 18.0 Å². The zero-order valence-corrected chi connectivity index (χ0v) is 20.7. The van der Waals surface area contributed by atoms with Crippen molar-refractivity contribution in [2.75, 3.05) is 59.4 Å². The Hall–Kier alpha value is -2.49. The standard InChI is InChI=1S/C25H34N4O4S/c1-26(34(32,33)23-11-10-21-8-4-5-9-22(21)18-23)19-24(30)29-16-14-27(15-17-29)20-25(31)28-12-6-2-3-7-13-28/h4-5,8-11,18H,2-3,6-7,12-17,19-20H2,1H3. The first kappa shape index (κ1) is 24.6. The van der Waals surface area contributed by atoms with Crippen molar-refractivity contribution in [1.82, 2.24) is 19.0 Å². The quantitative estimate of drug-likeness (QED) is 0.624. The van der Waals surface area contributed by atoms with Gasteiger partial charge in [0.2, 0.25) is 21.8 Å². The minimum absolute atomic E-state index is 0.169. The van der Waals surface area contributed by atoms with Crippen molar-refractivity contribution in [3.63, 3.8) is 0 Å². The molecule has 2 saturated heterocycles. The Labute approximate surface area is 202 Å². The highest BCUT2D eigenvalue weighted by molar-refractivity contribution is 7.89. The largest absolute Gasteiger partial charge is 0.342 e. The summed E-state index contributed by atoms with van der Waals surface area (Å²) in [6, 6.07) is 12.6. The number of benzene rings is 2. The highest BCUT2D eigenvalue weighted by Gasteiger charge is 2.28. The molecular formula is C25H34N4O4S. The number of piperazine rings is 1. The summed E-state index contributed by atoms with van der Waals surface area (Å²) in [7, 11) is -2.34. The molecule has 0 saturated carbocycles. The van der Waals surface area contributed by atoms with Crippen molar-refractivity contribution in [2.45, 2.75) is 30.6 Å². The first-order chi connectivity index (χ1) is 16.3. The molecule has 2 fully saturated rings. The van der Waals surface area contributed by atoms with E-state index < -0.39 is 10.0 Å². The molecule has 4 rings (SSSR count). The van der Waals surface area contributed by atoms with Crippen LogP contribution in [0.4, 0.5) is 0 Å². The van der Waals surface area contributed by atoms with E-state index in [1.54, 1.807) is 23.1 Å². The van der Waals surface area contributed by atoms with Gasteiger partial charge in [-0.1, -0.05) is 43.2 Å². The van der Waals surface area contributed by atoms with Crippen LogP contribution in [0.1, 0.15) is 25.7 Å². The summed E-state index contributed by atoms with van der Waals surface area (Å²) < 4.78 is 27.2. The van der Waals surface area contributed by atoms with E-state index in [0.717, 1.165) is 41.0 Å². The van der Waals surface area contributed by atoms with E-state index in [0.29, 0.717) is 32.7 Å². The van der Waals surface area contributed by atoms with Gasteiger partial charge in [-0.15, -0.1) is 0 Å². The van der Waals surface area contributed by atoms with Gasteiger partial charge in [0.15, 0.2) is 0 Å². The van der Waals surface area contributed by atoms with Crippen molar-refractivity contribution in [3.8, 4) is 0 Å². The number of carbonyl (C=O) groups excluding carboxylic acids is 2. The number of nitrogens with zero attached hydrogens (tertiary/aromatic N) is 4. The van der Waals surface area contributed by atoms with Crippen molar-refractivity contribution in [3.05, 3.63) is 42.5 Å². The Morgan fingerprint density at radius 2 is 1.41 bits per heavy atom. The zero-order chi connectivity index (χ0) is 24.1. The van der Waals surface area contributed by atoms with Crippen LogP contribution in [0.3, 0.4) is 0 Å². The number of fused-ring (bicyclic) bond motifs is 1. The first-order valence-corrected chi connectivity index (χ1v) is 13.5. The lowest BCUT2D eigenvalue weighted by molar-refractivity contribution is -0.135. The van der Waals surface area contributed by atoms with E-state index in [2.05, 4.69) is 4.90 Å². The van der Waals surface area contributed by atoms with E-state index in [-0.39, 0.29) is 23.3 Å². The summed E-state index contributed by atoms with van der Waals surface area (Å²) in [5.74, 6) is -0.0479. The van der Waals surface area contributed by atoms with E-state index in [1.165, 1.54) is 19.9 Å². The molecule has 0 radical (unpaired) electrons. The van der Waals surface area contributed by atoms with Gasteiger partial charge in [0, 0.05) is 46.3 Å². The van der Waals surface area contributed by atoms with Crippen LogP contribution >= 0.6 is 0 Å². The topological polar surface area (TPSA) is 81.2 Å². The molecule has 0 atom stereocenters. The Bertz CT molecular complexity index is 1120. The molecule has 0 aromatic heterocycles. The molecule has 0 N–H and O–H groups in total. The minimum atomic E-state index is -3.78. The summed E-state index contributed by atoms with van der Waals surface area (Å²) in [4.78, 5) is 31.4. The van der Waals surface area contributed by atoms with E-state index in [4.69, 9.17) is 0 Å². The predicted octanol–water partition coefficient (Wildman–Crippen LogP) is 2.01. The smallest absolute Gasteiger partial charge is 0.243 e. The van der Waals surface area contributed by atoms with Gasteiger partial charge in [0.1, 0.15) is 0 Å². The molecule has 34 heavy (non-hydrogen) atoms.